The van der Waals surface area contributed by atoms with Gasteiger partial charge in [0.15, 0.2) is 0 Å². The highest BCUT2D eigenvalue weighted by molar-refractivity contribution is 9.09. The van der Waals surface area contributed by atoms with Crippen LogP contribution in [0.1, 0.15) is 24.3 Å². The van der Waals surface area contributed by atoms with E-state index < -0.39 is 0 Å². The molecule has 0 bridgehead atoms. The first kappa shape index (κ1) is 13.1. The Labute approximate surface area is 111 Å². The molecule has 1 fully saturated rings. The van der Waals surface area contributed by atoms with E-state index in [0.717, 1.165) is 31.6 Å². The minimum atomic E-state index is 0.321. The van der Waals surface area contributed by atoms with Crippen LogP contribution in [-0.4, -0.2) is 31.3 Å². The van der Waals surface area contributed by atoms with Crippen LogP contribution in [0, 0.1) is 0 Å². The fourth-order valence-corrected chi connectivity index (χ4v) is 2.63. The lowest BCUT2D eigenvalue weighted by Crippen LogP contribution is -2.18. The molecule has 2 atom stereocenters. The fraction of sp³-hybridized carbons (Fsp3) is 0.571. The molecule has 0 amide bonds. The van der Waals surface area contributed by atoms with E-state index >= 15 is 0 Å². The standard InChI is InChI=1S/C14H19BrO2/c15-9-13(12-5-2-1-3-6-12)10-16-11-14-7-4-8-17-14/h1-3,5-6,13-14H,4,7-11H2. The van der Waals surface area contributed by atoms with E-state index in [-0.39, 0.29) is 0 Å². The summed E-state index contributed by atoms with van der Waals surface area (Å²) >= 11 is 3.56. The minimum absolute atomic E-state index is 0.321. The number of halogens is 1. The first-order chi connectivity index (χ1) is 8.40. The van der Waals surface area contributed by atoms with Crippen LogP contribution in [0.3, 0.4) is 0 Å². The quantitative estimate of drug-likeness (QED) is 0.750. The smallest absolute Gasteiger partial charge is 0.0809 e. The van der Waals surface area contributed by atoms with Gasteiger partial charge in [0.25, 0.3) is 0 Å². The van der Waals surface area contributed by atoms with Crippen molar-refractivity contribution in [2.75, 3.05) is 25.2 Å². The van der Waals surface area contributed by atoms with Crippen LogP contribution in [0.2, 0.25) is 0 Å². The molecule has 3 heteroatoms. The molecule has 1 saturated heterocycles. The first-order valence-electron chi connectivity index (χ1n) is 6.20. The molecule has 1 aromatic carbocycles. The van der Waals surface area contributed by atoms with Crippen LogP contribution in [0.5, 0.6) is 0 Å². The van der Waals surface area contributed by atoms with Crippen molar-refractivity contribution in [3.05, 3.63) is 35.9 Å². The molecule has 0 N–H and O–H groups in total. The van der Waals surface area contributed by atoms with Gasteiger partial charge in [-0.2, -0.15) is 0 Å². The van der Waals surface area contributed by atoms with E-state index in [1.165, 1.54) is 12.0 Å². The number of alkyl halides is 1. The normalized spacial score (nSPS) is 21.6. The van der Waals surface area contributed by atoms with Crippen molar-refractivity contribution >= 4 is 15.9 Å². The zero-order valence-electron chi connectivity index (χ0n) is 9.98. The molecule has 1 aliphatic heterocycles. The molecular weight excluding hydrogens is 280 g/mol. The molecular formula is C14H19BrO2. The molecule has 2 rings (SSSR count). The maximum Gasteiger partial charge on any atom is 0.0809 e. The second-order valence-corrected chi connectivity index (χ2v) is 5.08. The monoisotopic (exact) mass is 298 g/mol. The van der Waals surface area contributed by atoms with Crippen LogP contribution < -0.4 is 0 Å². The van der Waals surface area contributed by atoms with Crippen LogP contribution in [0.25, 0.3) is 0 Å². The van der Waals surface area contributed by atoms with Gasteiger partial charge < -0.3 is 9.47 Å². The number of hydrogen-bond acceptors (Lipinski definition) is 2. The Morgan fingerprint density at radius 2 is 2.18 bits per heavy atom. The van der Waals surface area contributed by atoms with Gasteiger partial charge in [-0.05, 0) is 18.4 Å². The van der Waals surface area contributed by atoms with Gasteiger partial charge in [0.2, 0.25) is 0 Å². The van der Waals surface area contributed by atoms with E-state index in [1.54, 1.807) is 0 Å². The van der Waals surface area contributed by atoms with E-state index in [9.17, 15) is 0 Å². The molecule has 0 radical (unpaired) electrons. The van der Waals surface area contributed by atoms with E-state index in [0.29, 0.717) is 12.0 Å². The van der Waals surface area contributed by atoms with Crippen molar-refractivity contribution in [2.24, 2.45) is 0 Å². The fourth-order valence-electron chi connectivity index (χ4n) is 2.07. The Balaban J connectivity index is 1.75. The lowest BCUT2D eigenvalue weighted by Gasteiger charge is -2.16. The Hall–Kier alpha value is -0.380. The average Bonchev–Trinajstić information content (AvgIpc) is 2.89. The van der Waals surface area contributed by atoms with Crippen molar-refractivity contribution < 1.29 is 9.47 Å². The molecule has 0 aromatic heterocycles. The van der Waals surface area contributed by atoms with E-state index in [1.807, 2.05) is 6.07 Å². The topological polar surface area (TPSA) is 18.5 Å². The number of ether oxygens (including phenoxy) is 2. The first-order valence-corrected chi connectivity index (χ1v) is 7.32. The summed E-state index contributed by atoms with van der Waals surface area (Å²) in [6, 6.07) is 10.5. The van der Waals surface area contributed by atoms with Gasteiger partial charge in [-0.25, -0.2) is 0 Å². The summed E-state index contributed by atoms with van der Waals surface area (Å²) in [6.45, 7) is 2.39. The van der Waals surface area contributed by atoms with Crippen molar-refractivity contribution in [3.63, 3.8) is 0 Å². The molecule has 94 valence electrons. The third-order valence-corrected chi connectivity index (χ3v) is 3.89. The Kier molecular flexibility index (Phi) is 5.49. The maximum atomic E-state index is 5.77. The lowest BCUT2D eigenvalue weighted by atomic mass is 10.0. The van der Waals surface area contributed by atoms with Crippen LogP contribution in [-0.2, 0) is 9.47 Å². The van der Waals surface area contributed by atoms with Crippen LogP contribution in [0.4, 0.5) is 0 Å². The number of hydrogen-bond donors (Lipinski definition) is 0. The highest BCUT2D eigenvalue weighted by Gasteiger charge is 2.17. The van der Waals surface area contributed by atoms with Gasteiger partial charge >= 0.3 is 0 Å². The second kappa shape index (κ2) is 7.14. The highest BCUT2D eigenvalue weighted by Crippen LogP contribution is 2.19. The van der Waals surface area contributed by atoms with Gasteiger partial charge in [-0.1, -0.05) is 46.3 Å². The predicted octanol–water partition coefficient (Wildman–Crippen LogP) is 3.36. The van der Waals surface area contributed by atoms with Crippen LogP contribution >= 0.6 is 15.9 Å². The van der Waals surface area contributed by atoms with Gasteiger partial charge in [-0.3, -0.25) is 0 Å². The number of rotatable bonds is 6. The summed E-state index contributed by atoms with van der Waals surface area (Å²) in [5.74, 6) is 0.428. The molecule has 17 heavy (non-hydrogen) atoms. The van der Waals surface area contributed by atoms with E-state index in [4.69, 9.17) is 9.47 Å². The lowest BCUT2D eigenvalue weighted by molar-refractivity contribution is 0.0141. The van der Waals surface area contributed by atoms with Gasteiger partial charge in [0, 0.05) is 17.9 Å². The largest absolute Gasteiger partial charge is 0.378 e. The Morgan fingerprint density at radius 1 is 1.35 bits per heavy atom. The average molecular weight is 299 g/mol. The highest BCUT2D eigenvalue weighted by atomic mass is 79.9. The van der Waals surface area contributed by atoms with Crippen molar-refractivity contribution in [3.8, 4) is 0 Å². The van der Waals surface area contributed by atoms with Crippen molar-refractivity contribution in [2.45, 2.75) is 24.9 Å². The van der Waals surface area contributed by atoms with Crippen molar-refractivity contribution in [1.29, 1.82) is 0 Å². The summed E-state index contributed by atoms with van der Waals surface area (Å²) in [6.07, 6.45) is 2.64. The summed E-state index contributed by atoms with van der Waals surface area (Å²) in [5.41, 5.74) is 1.33. The molecule has 2 nitrogen and oxygen atoms in total. The van der Waals surface area contributed by atoms with E-state index in [2.05, 4.69) is 40.2 Å². The second-order valence-electron chi connectivity index (χ2n) is 4.43. The van der Waals surface area contributed by atoms with Crippen molar-refractivity contribution in [1.82, 2.24) is 0 Å². The summed E-state index contributed by atoms with van der Waals surface area (Å²) < 4.78 is 11.3. The molecule has 1 aliphatic rings. The van der Waals surface area contributed by atoms with Crippen LogP contribution in [0.15, 0.2) is 30.3 Å². The number of benzene rings is 1. The Bertz CT molecular complexity index is 309. The predicted molar refractivity (Wildman–Crippen MR) is 72.8 cm³/mol. The zero-order chi connectivity index (χ0) is 11.9. The Morgan fingerprint density at radius 3 is 2.82 bits per heavy atom. The molecule has 1 heterocycles. The van der Waals surface area contributed by atoms with Gasteiger partial charge in [0.05, 0.1) is 19.3 Å². The van der Waals surface area contributed by atoms with Gasteiger partial charge in [0.1, 0.15) is 0 Å². The zero-order valence-corrected chi connectivity index (χ0v) is 11.6. The van der Waals surface area contributed by atoms with Gasteiger partial charge in [-0.15, -0.1) is 0 Å². The minimum Gasteiger partial charge on any atom is -0.378 e. The summed E-state index contributed by atoms with van der Waals surface area (Å²) in [7, 11) is 0. The molecule has 0 aliphatic carbocycles. The summed E-state index contributed by atoms with van der Waals surface area (Å²) in [5, 5.41) is 0.933. The third-order valence-electron chi connectivity index (χ3n) is 3.10. The third kappa shape index (κ3) is 4.09. The molecule has 0 saturated carbocycles. The molecule has 0 spiro atoms. The SMILES string of the molecule is BrCC(COCC1CCCO1)c1ccccc1. The molecule has 2 unspecified atom stereocenters. The maximum absolute atomic E-state index is 5.77. The molecule has 1 aromatic rings. The summed E-state index contributed by atoms with van der Waals surface area (Å²) in [4.78, 5) is 0.